The minimum Gasteiger partial charge on any atom is -0.392 e. The molecule has 0 aromatic carbocycles. The second-order valence-corrected chi connectivity index (χ2v) is 2.10. The molecule has 1 N–H and O–H groups in total. The van der Waals surface area contributed by atoms with Crippen LogP contribution in [0.4, 0.5) is 0 Å². The number of aliphatic hydroxyl groups is 1. The van der Waals surface area contributed by atoms with Crippen molar-refractivity contribution in [2.24, 2.45) is 0 Å². The van der Waals surface area contributed by atoms with E-state index in [1.165, 1.54) is 0 Å². The van der Waals surface area contributed by atoms with Gasteiger partial charge in [-0.2, -0.15) is 0 Å². The molecule has 10 heavy (non-hydrogen) atoms. The van der Waals surface area contributed by atoms with Gasteiger partial charge in [0.1, 0.15) is 0 Å². The van der Waals surface area contributed by atoms with Crippen molar-refractivity contribution in [1.29, 1.82) is 0 Å². The molecule has 0 spiro atoms. The first kappa shape index (κ1) is 9.22. The van der Waals surface area contributed by atoms with E-state index in [1.54, 1.807) is 6.08 Å². The number of allylic oxidation sites excluding steroid dienone is 1. The normalized spacial score (nSPS) is 13.0. The van der Waals surface area contributed by atoms with Crippen molar-refractivity contribution < 1.29 is 5.11 Å². The highest BCUT2D eigenvalue weighted by Crippen LogP contribution is 1.98. The average molecular weight is 138 g/mol. The van der Waals surface area contributed by atoms with E-state index in [4.69, 9.17) is 5.11 Å². The molecule has 0 aliphatic rings. The van der Waals surface area contributed by atoms with Crippen LogP contribution in [0.2, 0.25) is 0 Å². The Hall–Kier alpha value is -0.780. The van der Waals surface area contributed by atoms with Gasteiger partial charge in [0, 0.05) is 0 Å². The van der Waals surface area contributed by atoms with Crippen LogP contribution in [0.1, 0.15) is 19.8 Å². The highest BCUT2D eigenvalue weighted by molar-refractivity contribution is 4.85. The van der Waals surface area contributed by atoms with Crippen LogP contribution in [-0.2, 0) is 0 Å². The third-order valence-corrected chi connectivity index (χ3v) is 1.18. The fraction of sp³-hybridized carbons (Fsp3) is 0.444. The van der Waals surface area contributed by atoms with Crippen molar-refractivity contribution in [2.75, 3.05) is 0 Å². The summed E-state index contributed by atoms with van der Waals surface area (Å²) in [7, 11) is 0. The zero-order valence-corrected chi connectivity index (χ0v) is 6.38. The predicted octanol–water partition coefficient (Wildman–Crippen LogP) is 2.04. The molecule has 0 fully saturated rings. The minimum absolute atomic E-state index is 0.273. The zero-order chi connectivity index (χ0) is 7.82. The third kappa shape index (κ3) is 5.36. The highest BCUT2D eigenvalue weighted by atomic mass is 16.3. The lowest BCUT2D eigenvalue weighted by Crippen LogP contribution is -2.01. The molecule has 1 heteroatoms. The molecule has 0 radical (unpaired) electrons. The molecule has 0 saturated carbocycles. The standard InChI is InChI=1S/C9H14O/c1-3-5-7-9(10)8-6-4-2/h4-6,9-10H,1,7-8H2,2H3/b6-4+/t9-/m1/s1. The Labute approximate surface area is 62.4 Å². The summed E-state index contributed by atoms with van der Waals surface area (Å²) < 4.78 is 0. The van der Waals surface area contributed by atoms with Crippen molar-refractivity contribution >= 4 is 0 Å². The van der Waals surface area contributed by atoms with Crippen molar-refractivity contribution in [3.8, 4) is 0 Å². The van der Waals surface area contributed by atoms with Gasteiger partial charge in [-0.15, -0.1) is 5.73 Å². The van der Waals surface area contributed by atoms with E-state index in [0.29, 0.717) is 12.8 Å². The monoisotopic (exact) mass is 138 g/mol. The first-order valence-electron chi connectivity index (χ1n) is 3.44. The molecule has 0 aromatic heterocycles. The summed E-state index contributed by atoms with van der Waals surface area (Å²) in [5.74, 6) is 0. The Balaban J connectivity index is 3.42. The smallest absolute Gasteiger partial charge is 0.0615 e. The van der Waals surface area contributed by atoms with Crippen LogP contribution in [0.3, 0.4) is 0 Å². The van der Waals surface area contributed by atoms with Crippen LogP contribution in [0.5, 0.6) is 0 Å². The molecular formula is C9H14O. The lowest BCUT2D eigenvalue weighted by atomic mass is 10.2. The van der Waals surface area contributed by atoms with Gasteiger partial charge in [0.15, 0.2) is 0 Å². The lowest BCUT2D eigenvalue weighted by molar-refractivity contribution is 0.181. The molecule has 1 atom stereocenters. The summed E-state index contributed by atoms with van der Waals surface area (Å²) >= 11 is 0. The largest absolute Gasteiger partial charge is 0.392 e. The number of hydrogen-bond donors (Lipinski definition) is 1. The van der Waals surface area contributed by atoms with Gasteiger partial charge in [-0.1, -0.05) is 18.7 Å². The fourth-order valence-electron chi connectivity index (χ4n) is 0.609. The van der Waals surface area contributed by atoms with E-state index in [2.05, 4.69) is 12.3 Å². The second kappa shape index (κ2) is 6.34. The maximum absolute atomic E-state index is 9.16. The average Bonchev–Trinajstić information content (AvgIpc) is 1.97. The van der Waals surface area contributed by atoms with E-state index in [-0.39, 0.29) is 6.10 Å². The van der Waals surface area contributed by atoms with E-state index >= 15 is 0 Å². The SMILES string of the molecule is C=C=CC[C@@H](O)C/C=C/C. The number of aliphatic hydroxyl groups excluding tert-OH is 1. The molecule has 0 bridgehead atoms. The number of hydrogen-bond acceptors (Lipinski definition) is 1. The van der Waals surface area contributed by atoms with Crippen LogP contribution in [0.25, 0.3) is 0 Å². The van der Waals surface area contributed by atoms with Crippen LogP contribution < -0.4 is 0 Å². The summed E-state index contributed by atoms with van der Waals surface area (Å²) in [5.41, 5.74) is 2.62. The zero-order valence-electron chi connectivity index (χ0n) is 6.38. The molecule has 0 heterocycles. The van der Waals surface area contributed by atoms with Gasteiger partial charge in [0.25, 0.3) is 0 Å². The fourth-order valence-corrected chi connectivity index (χ4v) is 0.609. The summed E-state index contributed by atoms with van der Waals surface area (Å²) in [4.78, 5) is 0. The van der Waals surface area contributed by atoms with Crippen molar-refractivity contribution in [2.45, 2.75) is 25.9 Å². The Morgan fingerprint density at radius 1 is 1.60 bits per heavy atom. The van der Waals surface area contributed by atoms with Crippen LogP contribution in [0, 0.1) is 0 Å². The number of rotatable bonds is 4. The molecule has 0 amide bonds. The summed E-state index contributed by atoms with van der Waals surface area (Å²) in [5, 5.41) is 9.16. The summed E-state index contributed by atoms with van der Waals surface area (Å²) in [6.45, 7) is 5.34. The minimum atomic E-state index is -0.273. The van der Waals surface area contributed by atoms with Gasteiger partial charge >= 0.3 is 0 Å². The first-order chi connectivity index (χ1) is 4.81. The predicted molar refractivity (Wildman–Crippen MR) is 43.8 cm³/mol. The van der Waals surface area contributed by atoms with Gasteiger partial charge in [0.2, 0.25) is 0 Å². The van der Waals surface area contributed by atoms with Crippen molar-refractivity contribution in [3.63, 3.8) is 0 Å². The maximum Gasteiger partial charge on any atom is 0.0615 e. The molecule has 0 aromatic rings. The molecule has 0 rings (SSSR count). The van der Waals surface area contributed by atoms with Crippen molar-refractivity contribution in [3.05, 3.63) is 30.5 Å². The topological polar surface area (TPSA) is 20.2 Å². The Kier molecular flexibility index (Phi) is 5.85. The molecule has 0 aliphatic heterocycles. The van der Waals surface area contributed by atoms with Gasteiger partial charge in [-0.25, -0.2) is 0 Å². The third-order valence-electron chi connectivity index (χ3n) is 1.18. The van der Waals surface area contributed by atoms with Gasteiger partial charge in [0.05, 0.1) is 6.10 Å². The van der Waals surface area contributed by atoms with Gasteiger partial charge in [-0.3, -0.25) is 0 Å². The van der Waals surface area contributed by atoms with E-state index in [1.807, 2.05) is 19.1 Å². The molecule has 56 valence electrons. The van der Waals surface area contributed by atoms with Crippen molar-refractivity contribution in [1.82, 2.24) is 0 Å². The Bertz CT molecular complexity index is 141. The summed E-state index contributed by atoms with van der Waals surface area (Å²) in [6, 6.07) is 0. The van der Waals surface area contributed by atoms with Crippen LogP contribution in [-0.4, -0.2) is 11.2 Å². The van der Waals surface area contributed by atoms with Crippen LogP contribution in [0.15, 0.2) is 30.5 Å². The van der Waals surface area contributed by atoms with E-state index in [9.17, 15) is 0 Å². The van der Waals surface area contributed by atoms with Crippen LogP contribution >= 0.6 is 0 Å². The molecule has 0 aliphatic carbocycles. The maximum atomic E-state index is 9.16. The van der Waals surface area contributed by atoms with Gasteiger partial charge in [-0.05, 0) is 25.8 Å². The second-order valence-electron chi connectivity index (χ2n) is 2.10. The quantitative estimate of drug-likeness (QED) is 0.465. The Morgan fingerprint density at radius 2 is 2.30 bits per heavy atom. The highest BCUT2D eigenvalue weighted by Gasteiger charge is 1.95. The summed E-state index contributed by atoms with van der Waals surface area (Å²) in [6.07, 6.45) is 6.71. The molecular weight excluding hydrogens is 124 g/mol. The molecule has 0 unspecified atom stereocenters. The first-order valence-corrected chi connectivity index (χ1v) is 3.44. The Morgan fingerprint density at radius 3 is 2.80 bits per heavy atom. The molecule has 0 saturated heterocycles. The molecule has 1 nitrogen and oxygen atoms in total. The van der Waals surface area contributed by atoms with E-state index < -0.39 is 0 Å². The van der Waals surface area contributed by atoms with Gasteiger partial charge < -0.3 is 5.11 Å². The van der Waals surface area contributed by atoms with E-state index in [0.717, 1.165) is 0 Å². The lowest BCUT2D eigenvalue weighted by Gasteiger charge is -2.01.